The standard InChI is InChI=1S/C10H20N2O4/c1-14-8-9(15-2)7-11-10(13)12-3-5-16-6-4-12/h9H,3-8H2,1-2H3,(H,11,13). The van der Waals surface area contributed by atoms with Crippen molar-refractivity contribution in [1.82, 2.24) is 10.2 Å². The molecule has 0 aliphatic carbocycles. The van der Waals surface area contributed by atoms with Crippen LogP contribution in [0.25, 0.3) is 0 Å². The van der Waals surface area contributed by atoms with E-state index in [0.717, 1.165) is 0 Å². The van der Waals surface area contributed by atoms with E-state index in [1.165, 1.54) is 0 Å². The molecule has 1 N–H and O–H groups in total. The third-order valence-corrected chi connectivity index (χ3v) is 2.47. The van der Waals surface area contributed by atoms with Gasteiger partial charge in [0.15, 0.2) is 0 Å². The van der Waals surface area contributed by atoms with Crippen LogP contribution in [0.15, 0.2) is 0 Å². The molecule has 0 radical (unpaired) electrons. The molecule has 16 heavy (non-hydrogen) atoms. The minimum atomic E-state index is -0.102. The Bertz CT molecular complexity index is 207. The normalized spacial score (nSPS) is 18.2. The molecular formula is C10H20N2O4. The highest BCUT2D eigenvalue weighted by atomic mass is 16.5. The van der Waals surface area contributed by atoms with Crippen molar-refractivity contribution in [2.75, 3.05) is 53.7 Å². The quantitative estimate of drug-likeness (QED) is 0.706. The molecule has 2 amide bonds. The van der Waals surface area contributed by atoms with Gasteiger partial charge in [0.2, 0.25) is 0 Å². The van der Waals surface area contributed by atoms with Crippen molar-refractivity contribution in [1.29, 1.82) is 0 Å². The highest BCUT2D eigenvalue weighted by Crippen LogP contribution is 1.97. The zero-order valence-electron chi connectivity index (χ0n) is 9.90. The summed E-state index contributed by atoms with van der Waals surface area (Å²) in [6.07, 6.45) is -0.102. The Morgan fingerprint density at radius 3 is 2.69 bits per heavy atom. The summed E-state index contributed by atoms with van der Waals surface area (Å²) in [5, 5.41) is 2.81. The summed E-state index contributed by atoms with van der Waals surface area (Å²) in [6.45, 7) is 3.44. The maximum absolute atomic E-state index is 11.7. The number of nitrogens with one attached hydrogen (secondary N) is 1. The fourth-order valence-electron chi connectivity index (χ4n) is 1.48. The van der Waals surface area contributed by atoms with Crippen LogP contribution >= 0.6 is 0 Å². The van der Waals surface area contributed by atoms with E-state index < -0.39 is 0 Å². The lowest BCUT2D eigenvalue weighted by Gasteiger charge is -2.27. The van der Waals surface area contributed by atoms with E-state index in [1.807, 2.05) is 0 Å². The lowest BCUT2D eigenvalue weighted by molar-refractivity contribution is 0.0266. The first-order valence-corrected chi connectivity index (χ1v) is 5.40. The van der Waals surface area contributed by atoms with Gasteiger partial charge in [0.05, 0.1) is 25.9 Å². The number of rotatable bonds is 5. The molecule has 0 aromatic carbocycles. The Balaban J connectivity index is 2.22. The zero-order valence-corrected chi connectivity index (χ0v) is 9.90. The second-order valence-corrected chi connectivity index (χ2v) is 3.60. The van der Waals surface area contributed by atoms with Gasteiger partial charge in [-0.1, -0.05) is 0 Å². The largest absolute Gasteiger partial charge is 0.382 e. The summed E-state index contributed by atoms with van der Waals surface area (Å²) in [5.74, 6) is 0. The molecule has 0 aromatic heterocycles. The van der Waals surface area contributed by atoms with Crippen LogP contribution in [0.3, 0.4) is 0 Å². The molecule has 0 bridgehead atoms. The van der Waals surface area contributed by atoms with Crippen molar-refractivity contribution >= 4 is 6.03 Å². The SMILES string of the molecule is COCC(CNC(=O)N1CCOCC1)OC. The molecule has 1 unspecified atom stereocenters. The number of carbonyl (C=O) groups excluding carboxylic acids is 1. The number of morpholine rings is 1. The molecule has 6 nitrogen and oxygen atoms in total. The molecule has 0 aromatic rings. The first-order valence-electron chi connectivity index (χ1n) is 5.40. The molecule has 0 saturated carbocycles. The van der Waals surface area contributed by atoms with E-state index in [-0.39, 0.29) is 12.1 Å². The molecule has 94 valence electrons. The van der Waals surface area contributed by atoms with Crippen molar-refractivity contribution in [3.63, 3.8) is 0 Å². The van der Waals surface area contributed by atoms with Crippen molar-refractivity contribution in [2.24, 2.45) is 0 Å². The van der Waals surface area contributed by atoms with Crippen LogP contribution in [0.5, 0.6) is 0 Å². The number of carbonyl (C=O) groups is 1. The van der Waals surface area contributed by atoms with Gasteiger partial charge in [-0.25, -0.2) is 4.79 Å². The number of nitrogens with zero attached hydrogens (tertiary/aromatic N) is 1. The molecule has 1 saturated heterocycles. The minimum Gasteiger partial charge on any atom is -0.382 e. The van der Waals surface area contributed by atoms with Crippen LogP contribution in [0.4, 0.5) is 4.79 Å². The third kappa shape index (κ3) is 4.34. The number of ether oxygens (including phenoxy) is 3. The number of hydrogen-bond donors (Lipinski definition) is 1. The van der Waals surface area contributed by atoms with Crippen LogP contribution in [0, 0.1) is 0 Å². The Morgan fingerprint density at radius 1 is 1.44 bits per heavy atom. The predicted octanol–water partition coefficient (Wildman–Crippen LogP) is -0.310. The average molecular weight is 232 g/mol. The van der Waals surface area contributed by atoms with E-state index in [0.29, 0.717) is 39.5 Å². The second-order valence-electron chi connectivity index (χ2n) is 3.60. The third-order valence-electron chi connectivity index (χ3n) is 2.47. The van der Waals surface area contributed by atoms with Gasteiger partial charge in [0, 0.05) is 33.9 Å². The molecule has 1 atom stereocenters. The Kier molecular flexibility index (Phi) is 6.14. The summed E-state index contributed by atoms with van der Waals surface area (Å²) in [4.78, 5) is 13.4. The molecule has 1 rings (SSSR count). The summed E-state index contributed by atoms with van der Waals surface area (Å²) in [6, 6.07) is -0.0681. The van der Waals surface area contributed by atoms with Crippen molar-refractivity contribution in [3.05, 3.63) is 0 Å². The van der Waals surface area contributed by atoms with Crippen LogP contribution < -0.4 is 5.32 Å². The Hall–Kier alpha value is -0.850. The van der Waals surface area contributed by atoms with Crippen LogP contribution in [-0.4, -0.2) is 70.7 Å². The van der Waals surface area contributed by atoms with Gasteiger partial charge in [0.1, 0.15) is 0 Å². The molecule has 1 aliphatic rings. The van der Waals surface area contributed by atoms with Gasteiger partial charge < -0.3 is 24.4 Å². The van der Waals surface area contributed by atoms with E-state index in [1.54, 1.807) is 19.1 Å². The molecule has 1 heterocycles. The fourth-order valence-corrected chi connectivity index (χ4v) is 1.48. The van der Waals surface area contributed by atoms with Crippen LogP contribution in [0.1, 0.15) is 0 Å². The Labute approximate surface area is 95.8 Å². The molecule has 6 heteroatoms. The number of amides is 2. The molecular weight excluding hydrogens is 212 g/mol. The number of methoxy groups -OCH3 is 2. The lowest BCUT2D eigenvalue weighted by atomic mass is 10.3. The molecule has 1 fully saturated rings. The van der Waals surface area contributed by atoms with Crippen molar-refractivity contribution in [3.8, 4) is 0 Å². The summed E-state index contributed by atoms with van der Waals surface area (Å²) in [7, 11) is 3.21. The van der Waals surface area contributed by atoms with Gasteiger partial charge in [-0.2, -0.15) is 0 Å². The average Bonchev–Trinajstić information content (AvgIpc) is 2.35. The van der Waals surface area contributed by atoms with Gasteiger partial charge in [-0.3, -0.25) is 0 Å². The predicted molar refractivity (Wildman–Crippen MR) is 58.5 cm³/mol. The van der Waals surface area contributed by atoms with Crippen LogP contribution in [0.2, 0.25) is 0 Å². The maximum atomic E-state index is 11.7. The summed E-state index contributed by atoms with van der Waals surface area (Å²) < 4.78 is 15.3. The molecule has 0 spiro atoms. The van der Waals surface area contributed by atoms with E-state index >= 15 is 0 Å². The van der Waals surface area contributed by atoms with Gasteiger partial charge in [-0.15, -0.1) is 0 Å². The lowest BCUT2D eigenvalue weighted by Crippen LogP contribution is -2.48. The summed E-state index contributed by atoms with van der Waals surface area (Å²) >= 11 is 0. The van der Waals surface area contributed by atoms with E-state index in [2.05, 4.69) is 5.32 Å². The zero-order chi connectivity index (χ0) is 11.8. The Morgan fingerprint density at radius 2 is 2.12 bits per heavy atom. The van der Waals surface area contributed by atoms with Gasteiger partial charge >= 0.3 is 6.03 Å². The van der Waals surface area contributed by atoms with Crippen LogP contribution in [-0.2, 0) is 14.2 Å². The van der Waals surface area contributed by atoms with E-state index in [9.17, 15) is 4.79 Å². The van der Waals surface area contributed by atoms with Gasteiger partial charge in [0.25, 0.3) is 0 Å². The number of urea groups is 1. The first kappa shape index (κ1) is 13.2. The first-order chi connectivity index (χ1) is 7.77. The monoisotopic (exact) mass is 232 g/mol. The highest BCUT2D eigenvalue weighted by molar-refractivity contribution is 5.74. The number of hydrogen-bond acceptors (Lipinski definition) is 4. The van der Waals surface area contributed by atoms with Crippen molar-refractivity contribution < 1.29 is 19.0 Å². The van der Waals surface area contributed by atoms with Crippen molar-refractivity contribution in [2.45, 2.75) is 6.10 Å². The second kappa shape index (κ2) is 7.43. The minimum absolute atomic E-state index is 0.0681. The fraction of sp³-hybridized carbons (Fsp3) is 0.900. The summed E-state index contributed by atoms with van der Waals surface area (Å²) in [5.41, 5.74) is 0. The smallest absolute Gasteiger partial charge is 0.317 e. The topological polar surface area (TPSA) is 60.0 Å². The highest BCUT2D eigenvalue weighted by Gasteiger charge is 2.17. The van der Waals surface area contributed by atoms with Gasteiger partial charge in [-0.05, 0) is 0 Å². The maximum Gasteiger partial charge on any atom is 0.317 e. The molecule has 1 aliphatic heterocycles. The van der Waals surface area contributed by atoms with E-state index in [4.69, 9.17) is 14.2 Å².